The number of halogens is 1. The summed E-state index contributed by atoms with van der Waals surface area (Å²) in [4.78, 5) is 0. The normalized spacial score (nSPS) is 10.8. The number of hydrogen-bond donors (Lipinski definition) is 1. The van der Waals surface area contributed by atoms with Crippen LogP contribution < -0.4 is 10.1 Å². The number of hydrogen-bond acceptors (Lipinski definition) is 2. The zero-order valence-corrected chi connectivity index (χ0v) is 12.6. The minimum Gasteiger partial charge on any atom is -0.496 e. The van der Waals surface area contributed by atoms with Gasteiger partial charge in [0.25, 0.3) is 0 Å². The maximum Gasteiger partial charge on any atom is 0.128 e. The Labute approximate surface area is 129 Å². The molecule has 0 aliphatic rings. The van der Waals surface area contributed by atoms with Gasteiger partial charge in [-0.3, -0.25) is 0 Å². The number of aromatic nitrogens is 1. The second-order valence-corrected chi connectivity index (χ2v) is 5.22. The maximum atomic E-state index is 6.13. The summed E-state index contributed by atoms with van der Waals surface area (Å²) in [6.45, 7) is 1.67. The fourth-order valence-corrected chi connectivity index (χ4v) is 2.69. The van der Waals surface area contributed by atoms with Crippen molar-refractivity contribution in [1.29, 1.82) is 0 Å². The Hall–Kier alpha value is -2.13. The van der Waals surface area contributed by atoms with Crippen LogP contribution in [0.4, 0.5) is 5.69 Å². The first-order valence-corrected chi connectivity index (χ1v) is 7.27. The van der Waals surface area contributed by atoms with Crippen LogP contribution in [-0.2, 0) is 6.54 Å². The Morgan fingerprint density at radius 2 is 1.95 bits per heavy atom. The monoisotopic (exact) mass is 300 g/mol. The number of methoxy groups -OCH3 is 1. The van der Waals surface area contributed by atoms with E-state index in [1.54, 1.807) is 7.11 Å². The smallest absolute Gasteiger partial charge is 0.128 e. The van der Waals surface area contributed by atoms with Crippen LogP contribution in [-0.4, -0.2) is 18.2 Å². The van der Waals surface area contributed by atoms with Crippen molar-refractivity contribution in [2.45, 2.75) is 6.54 Å². The summed E-state index contributed by atoms with van der Waals surface area (Å²) in [7, 11) is 1.70. The summed E-state index contributed by atoms with van der Waals surface area (Å²) in [5.74, 6) is 0.908. The van der Waals surface area contributed by atoms with Gasteiger partial charge in [0.2, 0.25) is 0 Å². The molecule has 1 N–H and O–H groups in total. The van der Waals surface area contributed by atoms with E-state index >= 15 is 0 Å². The lowest BCUT2D eigenvalue weighted by atomic mass is 10.2. The van der Waals surface area contributed by atoms with Crippen LogP contribution >= 0.6 is 11.6 Å². The van der Waals surface area contributed by atoms with Gasteiger partial charge in [-0.15, -0.1) is 0 Å². The number of anilines is 1. The lowest BCUT2D eigenvalue weighted by molar-refractivity contribution is 0.420. The van der Waals surface area contributed by atoms with Crippen LogP contribution in [0.15, 0.2) is 54.7 Å². The predicted octanol–water partition coefficient (Wildman–Crippen LogP) is 4.42. The predicted molar refractivity (Wildman–Crippen MR) is 88.4 cm³/mol. The summed E-state index contributed by atoms with van der Waals surface area (Å²) in [6.07, 6.45) is 2.08. The van der Waals surface area contributed by atoms with Gasteiger partial charge in [0.1, 0.15) is 5.75 Å². The van der Waals surface area contributed by atoms with Crippen molar-refractivity contribution in [2.24, 2.45) is 0 Å². The zero-order chi connectivity index (χ0) is 14.7. The highest BCUT2D eigenvalue weighted by Gasteiger charge is 2.05. The Morgan fingerprint density at radius 1 is 1.10 bits per heavy atom. The van der Waals surface area contributed by atoms with Gasteiger partial charge in [-0.2, -0.15) is 0 Å². The van der Waals surface area contributed by atoms with E-state index in [1.807, 2.05) is 36.4 Å². The molecule has 4 heteroatoms. The summed E-state index contributed by atoms with van der Waals surface area (Å²) >= 11 is 6.13. The van der Waals surface area contributed by atoms with Gasteiger partial charge in [-0.05, 0) is 30.3 Å². The standard InChI is InChI=1S/C17H17ClN2O/c1-21-17-8-4-7-16-13(17)9-11-20(16)12-10-19-15-6-3-2-5-14(15)18/h2-9,11,19H,10,12H2,1H3. The zero-order valence-electron chi connectivity index (χ0n) is 11.8. The van der Waals surface area contributed by atoms with E-state index in [2.05, 4.69) is 28.2 Å². The molecule has 21 heavy (non-hydrogen) atoms. The van der Waals surface area contributed by atoms with Gasteiger partial charge in [0.15, 0.2) is 0 Å². The van der Waals surface area contributed by atoms with Gasteiger partial charge in [0, 0.05) is 24.7 Å². The SMILES string of the molecule is COc1cccc2c1ccn2CCNc1ccccc1Cl. The van der Waals surface area contributed by atoms with Crippen LogP contribution in [0.5, 0.6) is 5.75 Å². The molecule has 1 aromatic heterocycles. The van der Waals surface area contributed by atoms with Crippen LogP contribution in [0.2, 0.25) is 5.02 Å². The summed E-state index contributed by atoms with van der Waals surface area (Å²) in [5, 5.41) is 5.24. The summed E-state index contributed by atoms with van der Waals surface area (Å²) < 4.78 is 7.59. The fraction of sp³-hybridized carbons (Fsp3) is 0.176. The molecule has 0 atom stereocenters. The minimum absolute atomic E-state index is 0.747. The molecule has 0 amide bonds. The average molecular weight is 301 g/mol. The topological polar surface area (TPSA) is 26.2 Å². The highest BCUT2D eigenvalue weighted by molar-refractivity contribution is 6.33. The molecule has 3 nitrogen and oxygen atoms in total. The second kappa shape index (κ2) is 6.10. The molecule has 0 saturated carbocycles. The third-order valence-corrected chi connectivity index (χ3v) is 3.87. The Balaban J connectivity index is 1.73. The molecular formula is C17H17ClN2O. The average Bonchev–Trinajstić information content (AvgIpc) is 2.92. The van der Waals surface area contributed by atoms with Crippen molar-refractivity contribution in [3.63, 3.8) is 0 Å². The molecule has 108 valence electrons. The lowest BCUT2D eigenvalue weighted by Crippen LogP contribution is -2.09. The van der Waals surface area contributed by atoms with Gasteiger partial charge in [0.05, 0.1) is 23.3 Å². The molecule has 0 fully saturated rings. The van der Waals surface area contributed by atoms with Crippen molar-refractivity contribution >= 4 is 28.2 Å². The summed E-state index contributed by atoms with van der Waals surface area (Å²) in [5.41, 5.74) is 2.14. The first-order chi connectivity index (χ1) is 10.3. The minimum atomic E-state index is 0.747. The number of ether oxygens (including phenoxy) is 1. The summed E-state index contributed by atoms with van der Waals surface area (Å²) in [6, 6.07) is 16.0. The fourth-order valence-electron chi connectivity index (χ4n) is 2.48. The third kappa shape index (κ3) is 2.83. The number of nitrogens with zero attached hydrogens (tertiary/aromatic N) is 1. The molecule has 3 rings (SSSR count). The molecule has 0 unspecified atom stereocenters. The van der Waals surface area contributed by atoms with E-state index < -0.39 is 0 Å². The van der Waals surface area contributed by atoms with E-state index in [0.29, 0.717) is 0 Å². The molecule has 2 aromatic carbocycles. The Bertz CT molecular complexity index is 751. The first kappa shape index (κ1) is 13.8. The Kier molecular flexibility index (Phi) is 4.02. The lowest BCUT2D eigenvalue weighted by Gasteiger charge is -2.10. The maximum absolute atomic E-state index is 6.13. The van der Waals surface area contributed by atoms with Crippen molar-refractivity contribution in [1.82, 2.24) is 4.57 Å². The first-order valence-electron chi connectivity index (χ1n) is 6.90. The van der Waals surface area contributed by atoms with E-state index in [9.17, 15) is 0 Å². The van der Waals surface area contributed by atoms with Gasteiger partial charge < -0.3 is 14.6 Å². The third-order valence-electron chi connectivity index (χ3n) is 3.54. The quantitative estimate of drug-likeness (QED) is 0.755. The van der Waals surface area contributed by atoms with E-state index in [-0.39, 0.29) is 0 Å². The van der Waals surface area contributed by atoms with Crippen molar-refractivity contribution in [2.75, 3.05) is 19.0 Å². The number of fused-ring (bicyclic) bond motifs is 1. The molecule has 0 radical (unpaired) electrons. The largest absolute Gasteiger partial charge is 0.496 e. The highest BCUT2D eigenvalue weighted by atomic mass is 35.5. The van der Waals surface area contributed by atoms with Crippen molar-refractivity contribution in [3.05, 3.63) is 59.8 Å². The molecule has 0 aliphatic heterocycles. The molecule has 3 aromatic rings. The molecule has 0 spiro atoms. The van der Waals surface area contributed by atoms with Crippen LogP contribution in [0, 0.1) is 0 Å². The number of para-hydroxylation sites is 1. The molecule has 1 heterocycles. The highest BCUT2D eigenvalue weighted by Crippen LogP contribution is 2.26. The second-order valence-electron chi connectivity index (χ2n) is 4.81. The number of benzene rings is 2. The van der Waals surface area contributed by atoms with E-state index in [4.69, 9.17) is 16.3 Å². The van der Waals surface area contributed by atoms with E-state index in [1.165, 1.54) is 5.52 Å². The molecule has 0 bridgehead atoms. The van der Waals surface area contributed by atoms with Gasteiger partial charge >= 0.3 is 0 Å². The molecular weight excluding hydrogens is 284 g/mol. The van der Waals surface area contributed by atoms with Gasteiger partial charge in [-0.1, -0.05) is 29.8 Å². The van der Waals surface area contributed by atoms with Gasteiger partial charge in [-0.25, -0.2) is 0 Å². The van der Waals surface area contributed by atoms with Crippen LogP contribution in [0.1, 0.15) is 0 Å². The molecule has 0 saturated heterocycles. The van der Waals surface area contributed by atoms with Crippen molar-refractivity contribution < 1.29 is 4.74 Å². The van der Waals surface area contributed by atoms with Crippen molar-refractivity contribution in [3.8, 4) is 5.75 Å². The van der Waals surface area contributed by atoms with Crippen LogP contribution in [0.25, 0.3) is 10.9 Å². The Morgan fingerprint density at radius 3 is 2.76 bits per heavy atom. The van der Waals surface area contributed by atoms with E-state index in [0.717, 1.165) is 34.9 Å². The molecule has 0 aliphatic carbocycles. The number of nitrogens with one attached hydrogen (secondary N) is 1. The van der Waals surface area contributed by atoms with Crippen LogP contribution in [0.3, 0.4) is 0 Å². The number of rotatable bonds is 5.